The summed E-state index contributed by atoms with van der Waals surface area (Å²) in [5.74, 6) is -1.44. The highest BCUT2D eigenvalue weighted by atomic mass is 16.4. The smallest absolute Gasteiger partial charge is 0.328 e. The number of aliphatic carboxylic acids is 1. The fourth-order valence-corrected chi connectivity index (χ4v) is 2.28. The van der Waals surface area contributed by atoms with Crippen molar-refractivity contribution in [1.82, 2.24) is 15.5 Å². The zero-order valence-electron chi connectivity index (χ0n) is 12.6. The van der Waals surface area contributed by atoms with Crippen LogP contribution in [0.3, 0.4) is 0 Å². The molecule has 1 aliphatic rings. The number of piperazine rings is 1. The van der Waals surface area contributed by atoms with E-state index in [-0.39, 0.29) is 19.0 Å². The number of carboxylic acids is 1. The second-order valence-corrected chi connectivity index (χ2v) is 5.29. The van der Waals surface area contributed by atoms with E-state index in [9.17, 15) is 14.4 Å². The van der Waals surface area contributed by atoms with Crippen LogP contribution in [-0.4, -0.2) is 53.6 Å². The number of amides is 3. The average molecular weight is 299 g/mol. The first-order chi connectivity index (χ1) is 10.1. The van der Waals surface area contributed by atoms with Gasteiger partial charge in [-0.25, -0.2) is 9.59 Å². The fraction of sp³-hybridized carbons (Fsp3) is 0.786. The van der Waals surface area contributed by atoms with E-state index in [0.29, 0.717) is 6.54 Å². The van der Waals surface area contributed by atoms with Crippen molar-refractivity contribution >= 4 is 17.9 Å². The quantitative estimate of drug-likeness (QED) is 0.581. The lowest BCUT2D eigenvalue weighted by molar-refractivity contribution is -0.144. The Hall–Kier alpha value is -1.79. The Labute approximate surface area is 125 Å². The van der Waals surface area contributed by atoms with Crippen LogP contribution in [0.15, 0.2) is 0 Å². The molecule has 1 fully saturated rings. The molecule has 1 aliphatic heterocycles. The number of nitrogens with one attached hydrogen (secondary N) is 2. The van der Waals surface area contributed by atoms with E-state index in [1.54, 1.807) is 0 Å². The Bertz CT molecular complexity index is 373. The summed E-state index contributed by atoms with van der Waals surface area (Å²) in [6.07, 6.45) is 6.70. The van der Waals surface area contributed by atoms with Crippen LogP contribution in [0.4, 0.5) is 4.79 Å². The predicted octanol–water partition coefficient (Wildman–Crippen LogP) is 0.942. The number of carbonyl (C=O) groups is 3. The normalized spacial score (nSPS) is 18.2. The minimum Gasteiger partial charge on any atom is -0.480 e. The van der Waals surface area contributed by atoms with E-state index >= 15 is 0 Å². The number of hydrogen-bond donors (Lipinski definition) is 3. The average Bonchev–Trinajstić information content (AvgIpc) is 2.45. The van der Waals surface area contributed by atoms with E-state index in [4.69, 9.17) is 5.11 Å². The minimum atomic E-state index is -1.11. The Morgan fingerprint density at radius 2 is 1.95 bits per heavy atom. The van der Waals surface area contributed by atoms with Gasteiger partial charge in [-0.3, -0.25) is 9.69 Å². The van der Waals surface area contributed by atoms with Crippen molar-refractivity contribution in [2.45, 2.75) is 51.5 Å². The molecule has 0 saturated carbocycles. The first-order valence-corrected chi connectivity index (χ1v) is 7.60. The third-order valence-electron chi connectivity index (χ3n) is 3.54. The van der Waals surface area contributed by atoms with Crippen molar-refractivity contribution in [2.24, 2.45) is 0 Å². The van der Waals surface area contributed by atoms with Crippen molar-refractivity contribution in [3.63, 3.8) is 0 Å². The van der Waals surface area contributed by atoms with Gasteiger partial charge in [0.25, 0.3) is 0 Å². The molecular formula is C14H25N3O4. The van der Waals surface area contributed by atoms with Gasteiger partial charge in [0.2, 0.25) is 5.91 Å². The topological polar surface area (TPSA) is 98.7 Å². The van der Waals surface area contributed by atoms with E-state index in [1.807, 2.05) is 0 Å². The first-order valence-electron chi connectivity index (χ1n) is 7.60. The monoisotopic (exact) mass is 299 g/mol. The van der Waals surface area contributed by atoms with Gasteiger partial charge in [0.15, 0.2) is 0 Å². The van der Waals surface area contributed by atoms with Crippen LogP contribution in [0.1, 0.15) is 45.4 Å². The Morgan fingerprint density at radius 1 is 1.29 bits per heavy atom. The van der Waals surface area contributed by atoms with Crippen LogP contribution >= 0.6 is 0 Å². The van der Waals surface area contributed by atoms with Crippen molar-refractivity contribution in [1.29, 1.82) is 0 Å². The highest BCUT2D eigenvalue weighted by Crippen LogP contribution is 2.06. The lowest BCUT2D eigenvalue weighted by Gasteiger charge is -2.32. The van der Waals surface area contributed by atoms with Crippen LogP contribution in [0.5, 0.6) is 0 Å². The van der Waals surface area contributed by atoms with E-state index in [1.165, 1.54) is 19.3 Å². The zero-order valence-corrected chi connectivity index (χ0v) is 12.6. The van der Waals surface area contributed by atoms with Gasteiger partial charge in [-0.15, -0.1) is 0 Å². The lowest BCUT2D eigenvalue weighted by Crippen LogP contribution is -2.61. The molecule has 0 aromatic rings. The van der Waals surface area contributed by atoms with Gasteiger partial charge in [0.05, 0.1) is 0 Å². The van der Waals surface area contributed by atoms with Gasteiger partial charge in [-0.05, 0) is 6.42 Å². The van der Waals surface area contributed by atoms with Crippen molar-refractivity contribution in [2.75, 3.05) is 19.6 Å². The molecule has 1 unspecified atom stereocenters. The van der Waals surface area contributed by atoms with Gasteiger partial charge >= 0.3 is 12.0 Å². The molecule has 1 rings (SSSR count). The highest BCUT2D eigenvalue weighted by Gasteiger charge is 2.34. The fourth-order valence-electron chi connectivity index (χ4n) is 2.28. The van der Waals surface area contributed by atoms with Crippen molar-refractivity contribution < 1.29 is 19.5 Å². The molecule has 7 heteroatoms. The molecule has 0 aromatic heterocycles. The molecule has 3 N–H and O–H groups in total. The van der Waals surface area contributed by atoms with Gasteiger partial charge in [0.1, 0.15) is 12.6 Å². The summed E-state index contributed by atoms with van der Waals surface area (Å²) in [5, 5.41) is 14.2. The number of rotatable bonds is 8. The third-order valence-corrected chi connectivity index (χ3v) is 3.54. The maximum Gasteiger partial charge on any atom is 0.328 e. The van der Waals surface area contributed by atoms with E-state index in [2.05, 4.69) is 17.6 Å². The molecule has 0 spiro atoms. The van der Waals surface area contributed by atoms with E-state index < -0.39 is 18.0 Å². The Morgan fingerprint density at radius 3 is 2.62 bits per heavy atom. The van der Waals surface area contributed by atoms with Gasteiger partial charge in [0, 0.05) is 13.1 Å². The molecule has 21 heavy (non-hydrogen) atoms. The Balaban J connectivity index is 2.28. The van der Waals surface area contributed by atoms with Crippen LogP contribution in [0, 0.1) is 0 Å². The number of hydrogen-bond acceptors (Lipinski definition) is 3. The molecule has 0 aromatic carbocycles. The van der Waals surface area contributed by atoms with E-state index in [0.717, 1.165) is 24.2 Å². The summed E-state index contributed by atoms with van der Waals surface area (Å²) in [5.41, 5.74) is 0. The van der Waals surface area contributed by atoms with Gasteiger partial charge < -0.3 is 15.7 Å². The largest absolute Gasteiger partial charge is 0.480 e. The van der Waals surface area contributed by atoms with Crippen LogP contribution < -0.4 is 10.6 Å². The summed E-state index contributed by atoms with van der Waals surface area (Å²) in [7, 11) is 0. The molecule has 0 aliphatic carbocycles. The highest BCUT2D eigenvalue weighted by molar-refractivity contribution is 5.90. The Kier molecular flexibility index (Phi) is 7.56. The maximum absolute atomic E-state index is 12.0. The van der Waals surface area contributed by atoms with Gasteiger partial charge in [-0.2, -0.15) is 0 Å². The lowest BCUT2D eigenvalue weighted by atomic mass is 10.1. The second kappa shape index (κ2) is 9.20. The number of urea groups is 1. The van der Waals surface area contributed by atoms with Crippen molar-refractivity contribution in [3.8, 4) is 0 Å². The summed E-state index contributed by atoms with van der Waals surface area (Å²) in [6.45, 7) is 2.42. The molecule has 1 saturated heterocycles. The molecule has 7 nitrogen and oxygen atoms in total. The number of carbonyl (C=O) groups excluding carboxylic acids is 2. The van der Waals surface area contributed by atoms with Crippen molar-refractivity contribution in [3.05, 3.63) is 0 Å². The third kappa shape index (κ3) is 6.01. The molecule has 1 atom stereocenters. The molecule has 0 bridgehead atoms. The first kappa shape index (κ1) is 17.3. The standard InChI is InChI=1S/C14H25N3O4/c1-2-3-4-5-6-7-8-15-14(21)17-10-12(18)16-9-11(17)13(19)20/h11H,2-10H2,1H3,(H,15,21)(H,16,18)(H,19,20). The predicted molar refractivity (Wildman–Crippen MR) is 77.9 cm³/mol. The van der Waals surface area contributed by atoms with Gasteiger partial charge in [-0.1, -0.05) is 39.0 Å². The SMILES string of the molecule is CCCCCCCCNC(=O)N1CC(=O)NCC1C(=O)O. The second-order valence-electron chi connectivity index (χ2n) is 5.29. The number of unbranched alkanes of at least 4 members (excludes halogenated alkanes) is 5. The summed E-state index contributed by atoms with van der Waals surface area (Å²) < 4.78 is 0. The minimum absolute atomic E-state index is 0.0431. The summed E-state index contributed by atoms with van der Waals surface area (Å²) in [6, 6.07) is -1.47. The summed E-state index contributed by atoms with van der Waals surface area (Å²) >= 11 is 0. The number of nitrogens with zero attached hydrogens (tertiary/aromatic N) is 1. The number of carboxylic acid groups (broad SMARTS) is 1. The van der Waals surface area contributed by atoms with Crippen LogP contribution in [-0.2, 0) is 9.59 Å². The molecule has 1 heterocycles. The maximum atomic E-state index is 12.0. The molecule has 0 radical (unpaired) electrons. The van der Waals surface area contributed by atoms with Crippen LogP contribution in [0.2, 0.25) is 0 Å². The molecular weight excluding hydrogens is 274 g/mol. The molecule has 3 amide bonds. The van der Waals surface area contributed by atoms with Crippen LogP contribution in [0.25, 0.3) is 0 Å². The zero-order chi connectivity index (χ0) is 15.7. The molecule has 120 valence electrons. The summed E-state index contributed by atoms with van der Waals surface area (Å²) in [4.78, 5) is 35.4.